The predicted octanol–water partition coefficient (Wildman–Crippen LogP) is 2.89. The van der Waals surface area contributed by atoms with Crippen LogP contribution in [0.15, 0.2) is 47.4 Å². The molecular formula is C21H24N2O3S. The highest BCUT2D eigenvalue weighted by Crippen LogP contribution is 2.26. The molecule has 0 heterocycles. The van der Waals surface area contributed by atoms with Crippen molar-refractivity contribution in [1.82, 2.24) is 9.62 Å². The SMILES string of the molecule is CN(Cc1ccc(C(=O)NC2CC2)cc1)S(=O)(=O)c1ccc2c(c1)CCC2. The van der Waals surface area contributed by atoms with Gasteiger partial charge in [-0.05, 0) is 73.1 Å². The topological polar surface area (TPSA) is 66.5 Å². The van der Waals surface area contributed by atoms with Gasteiger partial charge in [-0.1, -0.05) is 18.2 Å². The summed E-state index contributed by atoms with van der Waals surface area (Å²) in [6.45, 7) is 0.268. The van der Waals surface area contributed by atoms with Crippen molar-refractivity contribution in [3.63, 3.8) is 0 Å². The van der Waals surface area contributed by atoms with Crippen molar-refractivity contribution < 1.29 is 13.2 Å². The first-order chi connectivity index (χ1) is 12.9. The molecule has 0 unspecified atom stereocenters. The molecule has 0 aromatic heterocycles. The minimum Gasteiger partial charge on any atom is -0.349 e. The third-order valence-electron chi connectivity index (χ3n) is 5.31. The molecule has 2 aliphatic carbocycles. The lowest BCUT2D eigenvalue weighted by Crippen LogP contribution is -2.27. The Morgan fingerprint density at radius 2 is 1.78 bits per heavy atom. The quantitative estimate of drug-likeness (QED) is 0.833. The number of nitrogens with zero attached hydrogens (tertiary/aromatic N) is 1. The second-order valence-corrected chi connectivity index (χ2v) is 9.53. The fourth-order valence-electron chi connectivity index (χ4n) is 3.49. The van der Waals surface area contributed by atoms with Crippen LogP contribution in [0.3, 0.4) is 0 Å². The molecule has 0 bridgehead atoms. The van der Waals surface area contributed by atoms with Gasteiger partial charge in [-0.3, -0.25) is 4.79 Å². The summed E-state index contributed by atoms with van der Waals surface area (Å²) in [7, 11) is -1.95. The number of rotatable bonds is 6. The van der Waals surface area contributed by atoms with Gasteiger partial charge < -0.3 is 5.32 Å². The summed E-state index contributed by atoms with van der Waals surface area (Å²) in [5, 5.41) is 2.95. The molecular weight excluding hydrogens is 360 g/mol. The second-order valence-electron chi connectivity index (χ2n) is 7.49. The number of carbonyl (C=O) groups is 1. The van der Waals surface area contributed by atoms with Crippen molar-refractivity contribution in [2.24, 2.45) is 0 Å². The molecule has 1 fully saturated rings. The summed E-state index contributed by atoms with van der Waals surface area (Å²) in [6, 6.07) is 12.9. The Morgan fingerprint density at radius 3 is 2.48 bits per heavy atom. The van der Waals surface area contributed by atoms with Crippen LogP contribution in [-0.2, 0) is 29.4 Å². The van der Waals surface area contributed by atoms with E-state index >= 15 is 0 Å². The number of amides is 1. The van der Waals surface area contributed by atoms with Crippen molar-refractivity contribution in [2.45, 2.75) is 49.6 Å². The standard InChI is InChI=1S/C21H24N2O3S/c1-23(27(25,26)20-12-9-16-3-2-4-18(16)13-20)14-15-5-7-17(8-6-15)21(24)22-19-10-11-19/h5-9,12-13,19H,2-4,10-11,14H2,1H3,(H,22,24). The number of benzene rings is 2. The van der Waals surface area contributed by atoms with Gasteiger partial charge in [-0.15, -0.1) is 0 Å². The average molecular weight is 385 g/mol. The summed E-state index contributed by atoms with van der Waals surface area (Å²) in [4.78, 5) is 12.4. The van der Waals surface area contributed by atoms with Crippen LogP contribution in [0, 0.1) is 0 Å². The number of hydrogen-bond donors (Lipinski definition) is 1. The highest BCUT2D eigenvalue weighted by atomic mass is 32.2. The highest BCUT2D eigenvalue weighted by molar-refractivity contribution is 7.89. The minimum absolute atomic E-state index is 0.0665. The van der Waals surface area contributed by atoms with Crippen LogP contribution in [0.5, 0.6) is 0 Å². The number of sulfonamides is 1. The number of aryl methyl sites for hydroxylation is 2. The molecule has 27 heavy (non-hydrogen) atoms. The molecule has 0 spiro atoms. The number of carbonyl (C=O) groups excluding carboxylic acids is 1. The largest absolute Gasteiger partial charge is 0.349 e. The van der Waals surface area contributed by atoms with Crippen molar-refractivity contribution in [3.05, 3.63) is 64.7 Å². The molecule has 6 heteroatoms. The van der Waals surface area contributed by atoms with Gasteiger partial charge in [0.05, 0.1) is 4.90 Å². The molecule has 2 aromatic carbocycles. The molecule has 5 nitrogen and oxygen atoms in total. The first-order valence-corrected chi connectivity index (χ1v) is 10.9. The Morgan fingerprint density at radius 1 is 1.07 bits per heavy atom. The maximum atomic E-state index is 12.9. The van der Waals surface area contributed by atoms with Crippen LogP contribution < -0.4 is 5.32 Å². The molecule has 2 aliphatic rings. The number of nitrogens with one attached hydrogen (secondary N) is 1. The lowest BCUT2D eigenvalue weighted by molar-refractivity contribution is 0.0951. The highest BCUT2D eigenvalue weighted by Gasteiger charge is 2.25. The zero-order valence-electron chi connectivity index (χ0n) is 15.4. The number of fused-ring (bicyclic) bond motifs is 1. The van der Waals surface area contributed by atoms with Gasteiger partial charge in [0, 0.05) is 25.2 Å². The molecule has 0 radical (unpaired) electrons. The molecule has 1 saturated carbocycles. The van der Waals surface area contributed by atoms with E-state index in [0.29, 0.717) is 16.5 Å². The smallest absolute Gasteiger partial charge is 0.251 e. The van der Waals surface area contributed by atoms with Crippen LogP contribution in [0.25, 0.3) is 0 Å². The Hall–Kier alpha value is -2.18. The lowest BCUT2D eigenvalue weighted by Gasteiger charge is -2.18. The maximum Gasteiger partial charge on any atom is 0.251 e. The summed E-state index contributed by atoms with van der Waals surface area (Å²) in [5.41, 5.74) is 3.87. The van der Waals surface area contributed by atoms with Gasteiger partial charge in [0.1, 0.15) is 0 Å². The minimum atomic E-state index is -3.54. The Labute approximate surface area is 160 Å². The van der Waals surface area contributed by atoms with E-state index in [2.05, 4.69) is 5.32 Å². The third kappa shape index (κ3) is 3.92. The van der Waals surface area contributed by atoms with Gasteiger partial charge in [0.2, 0.25) is 10.0 Å². The van der Waals surface area contributed by atoms with Gasteiger partial charge in [-0.2, -0.15) is 4.31 Å². The van der Waals surface area contributed by atoms with Crippen LogP contribution in [-0.4, -0.2) is 31.7 Å². The van der Waals surface area contributed by atoms with E-state index < -0.39 is 10.0 Å². The van der Waals surface area contributed by atoms with Crippen molar-refractivity contribution in [1.29, 1.82) is 0 Å². The molecule has 0 saturated heterocycles. The zero-order valence-corrected chi connectivity index (χ0v) is 16.3. The monoisotopic (exact) mass is 384 g/mol. The van der Waals surface area contributed by atoms with E-state index in [0.717, 1.165) is 43.2 Å². The van der Waals surface area contributed by atoms with E-state index in [-0.39, 0.29) is 12.5 Å². The van der Waals surface area contributed by atoms with Crippen molar-refractivity contribution in [2.75, 3.05) is 7.05 Å². The Balaban J connectivity index is 1.46. The van der Waals surface area contributed by atoms with Crippen LogP contribution in [0.1, 0.15) is 46.3 Å². The second kappa shape index (κ2) is 7.09. The van der Waals surface area contributed by atoms with E-state index in [1.54, 1.807) is 25.2 Å². The third-order valence-corrected chi connectivity index (χ3v) is 7.11. The van der Waals surface area contributed by atoms with E-state index in [1.165, 1.54) is 9.87 Å². The van der Waals surface area contributed by atoms with E-state index in [1.807, 2.05) is 24.3 Å². The molecule has 2 aromatic rings. The van der Waals surface area contributed by atoms with Crippen LogP contribution in [0.2, 0.25) is 0 Å². The fourth-order valence-corrected chi connectivity index (χ4v) is 4.70. The number of hydrogen-bond acceptors (Lipinski definition) is 3. The Bertz CT molecular complexity index is 963. The van der Waals surface area contributed by atoms with E-state index in [4.69, 9.17) is 0 Å². The van der Waals surface area contributed by atoms with Crippen molar-refractivity contribution in [3.8, 4) is 0 Å². The average Bonchev–Trinajstić information content (AvgIpc) is 3.34. The molecule has 1 amide bonds. The van der Waals surface area contributed by atoms with Crippen LogP contribution in [0.4, 0.5) is 0 Å². The van der Waals surface area contributed by atoms with Gasteiger partial charge in [-0.25, -0.2) is 8.42 Å². The summed E-state index contributed by atoms with van der Waals surface area (Å²) in [6.07, 6.45) is 5.18. The molecule has 0 aliphatic heterocycles. The van der Waals surface area contributed by atoms with Gasteiger partial charge in [0.15, 0.2) is 0 Å². The molecule has 1 N–H and O–H groups in total. The Kier molecular flexibility index (Phi) is 4.78. The normalized spacial score (nSPS) is 16.4. The predicted molar refractivity (Wildman–Crippen MR) is 104 cm³/mol. The summed E-state index contributed by atoms with van der Waals surface area (Å²) < 4.78 is 27.2. The summed E-state index contributed by atoms with van der Waals surface area (Å²) >= 11 is 0. The van der Waals surface area contributed by atoms with Crippen molar-refractivity contribution >= 4 is 15.9 Å². The first kappa shape index (κ1) is 18.2. The van der Waals surface area contributed by atoms with Gasteiger partial charge >= 0.3 is 0 Å². The van der Waals surface area contributed by atoms with Gasteiger partial charge in [0.25, 0.3) is 5.91 Å². The first-order valence-electron chi connectivity index (χ1n) is 9.41. The zero-order chi connectivity index (χ0) is 19.0. The molecule has 142 valence electrons. The van der Waals surface area contributed by atoms with E-state index in [9.17, 15) is 13.2 Å². The summed E-state index contributed by atoms with van der Waals surface area (Å²) in [5.74, 6) is -0.0665. The molecule has 4 rings (SSSR count). The molecule has 0 atom stereocenters. The van der Waals surface area contributed by atoms with Crippen LogP contribution >= 0.6 is 0 Å². The lowest BCUT2D eigenvalue weighted by atomic mass is 10.1. The fraction of sp³-hybridized carbons (Fsp3) is 0.381. The maximum absolute atomic E-state index is 12.9.